The summed E-state index contributed by atoms with van der Waals surface area (Å²) in [6, 6.07) is 5.44. The Morgan fingerprint density at radius 1 is 1.32 bits per heavy atom. The number of epoxide rings is 1. The molecule has 2 amide bonds. The fraction of sp³-hybridized carbons (Fsp3) is 0.417. The summed E-state index contributed by atoms with van der Waals surface area (Å²) in [5.74, 6) is -0.560. The van der Waals surface area contributed by atoms with Gasteiger partial charge >= 0.3 is 0 Å². The smallest absolute Gasteiger partial charge is 0.268 e. The zero-order chi connectivity index (χ0) is 22.6. The number of allylic oxidation sites excluding steroid dienone is 1. The molecule has 2 aliphatic heterocycles. The largest absolute Gasteiger partial charge is 0.393 e. The second kappa shape index (κ2) is 7.35. The van der Waals surface area contributed by atoms with Crippen molar-refractivity contribution in [3.8, 4) is 0 Å². The van der Waals surface area contributed by atoms with Crippen molar-refractivity contribution >= 4 is 28.8 Å². The van der Waals surface area contributed by atoms with Gasteiger partial charge in [0.15, 0.2) is 0 Å². The number of aliphatic hydroxyl groups excluding tert-OH is 1. The average Bonchev–Trinajstić information content (AvgIpc) is 3.22. The maximum atomic E-state index is 12.5. The number of hydrogen-bond donors (Lipinski definition) is 4. The molecular formula is C24H29N3O4. The summed E-state index contributed by atoms with van der Waals surface area (Å²) < 4.78 is 5.70. The number of aromatic amines is 1. The molecule has 0 aliphatic carbocycles. The Labute approximate surface area is 181 Å². The first-order valence-electron chi connectivity index (χ1n) is 10.5. The lowest BCUT2D eigenvalue weighted by molar-refractivity contribution is -0.130. The van der Waals surface area contributed by atoms with Crippen molar-refractivity contribution in [3.05, 3.63) is 53.4 Å². The molecule has 7 nitrogen and oxygen atoms in total. The number of piperazine rings is 1. The molecule has 2 saturated heterocycles. The number of amides is 2. The van der Waals surface area contributed by atoms with Crippen LogP contribution in [0.5, 0.6) is 0 Å². The molecule has 3 atom stereocenters. The highest BCUT2D eigenvalue weighted by Gasteiger charge is 2.51. The molecular weight excluding hydrogens is 394 g/mol. The quantitative estimate of drug-likeness (QED) is 0.325. The SMILES string of the molecule is C=CC(C)(C)c1[nH]c2c(CC3OC3(C)CO)cccc2c1C=C1NC(=O)C(C)NC1=O. The molecule has 0 radical (unpaired) electrons. The predicted octanol–water partition coefficient (Wildman–Crippen LogP) is 2.30. The van der Waals surface area contributed by atoms with Crippen LogP contribution in [-0.2, 0) is 26.2 Å². The Morgan fingerprint density at radius 3 is 2.71 bits per heavy atom. The topological polar surface area (TPSA) is 107 Å². The van der Waals surface area contributed by atoms with Crippen molar-refractivity contribution in [2.45, 2.75) is 57.3 Å². The maximum absolute atomic E-state index is 12.5. The van der Waals surface area contributed by atoms with E-state index < -0.39 is 17.1 Å². The van der Waals surface area contributed by atoms with Crippen LogP contribution < -0.4 is 10.6 Å². The van der Waals surface area contributed by atoms with E-state index in [1.165, 1.54) is 0 Å². The van der Waals surface area contributed by atoms with Crippen LogP contribution in [0.15, 0.2) is 36.6 Å². The third kappa shape index (κ3) is 3.68. The Bertz CT molecular complexity index is 1110. The summed E-state index contributed by atoms with van der Waals surface area (Å²) >= 11 is 0. The Morgan fingerprint density at radius 2 is 2.06 bits per heavy atom. The van der Waals surface area contributed by atoms with E-state index in [4.69, 9.17) is 4.74 Å². The van der Waals surface area contributed by atoms with Crippen LogP contribution in [0.4, 0.5) is 0 Å². The van der Waals surface area contributed by atoms with Crippen LogP contribution in [0.1, 0.15) is 44.5 Å². The molecule has 2 aromatic rings. The molecule has 1 aromatic carbocycles. The van der Waals surface area contributed by atoms with Crippen molar-refractivity contribution in [1.82, 2.24) is 15.6 Å². The summed E-state index contributed by atoms with van der Waals surface area (Å²) in [4.78, 5) is 28.2. The highest BCUT2D eigenvalue weighted by Crippen LogP contribution is 2.40. The van der Waals surface area contributed by atoms with E-state index in [0.29, 0.717) is 6.42 Å². The fourth-order valence-corrected chi connectivity index (χ4v) is 4.00. The highest BCUT2D eigenvalue weighted by molar-refractivity contribution is 6.08. The van der Waals surface area contributed by atoms with E-state index in [1.807, 2.05) is 45.0 Å². The first kappa shape index (κ1) is 21.3. The standard InChI is InChI=1S/C24H29N3O4/c1-6-23(3,4)20-16(11-17-22(30)25-13(2)21(29)26-17)15-9-7-8-14(19(15)27-20)10-18-24(5,12-28)31-18/h6-9,11,13,18,27-28H,1,10,12H2,2-5H3,(H,25,30)(H,26,29). The second-order valence-corrected chi connectivity index (χ2v) is 9.20. The minimum Gasteiger partial charge on any atom is -0.393 e. The number of fused-ring (bicyclic) bond motifs is 1. The lowest BCUT2D eigenvalue weighted by Crippen LogP contribution is -2.53. The van der Waals surface area contributed by atoms with Gasteiger partial charge in [-0.2, -0.15) is 0 Å². The lowest BCUT2D eigenvalue weighted by Gasteiger charge is -2.23. The molecule has 0 bridgehead atoms. The minimum absolute atomic E-state index is 0.0162. The monoisotopic (exact) mass is 423 g/mol. The Balaban J connectivity index is 1.84. The van der Waals surface area contributed by atoms with E-state index in [9.17, 15) is 14.7 Å². The van der Waals surface area contributed by atoms with Gasteiger partial charge < -0.3 is 25.5 Å². The first-order chi connectivity index (χ1) is 14.6. The molecule has 1 aromatic heterocycles. The summed E-state index contributed by atoms with van der Waals surface area (Å²) in [7, 11) is 0. The van der Waals surface area contributed by atoms with Crippen LogP contribution in [0.3, 0.4) is 0 Å². The predicted molar refractivity (Wildman–Crippen MR) is 119 cm³/mol. The van der Waals surface area contributed by atoms with Crippen LogP contribution >= 0.6 is 0 Å². The lowest BCUT2D eigenvalue weighted by atomic mass is 9.86. The number of aromatic nitrogens is 1. The van der Waals surface area contributed by atoms with Crippen molar-refractivity contribution < 1.29 is 19.4 Å². The summed E-state index contributed by atoms with van der Waals surface area (Å²) in [6.45, 7) is 11.6. The van der Waals surface area contributed by atoms with Crippen molar-refractivity contribution in [2.24, 2.45) is 0 Å². The molecule has 4 N–H and O–H groups in total. The van der Waals surface area contributed by atoms with Crippen LogP contribution in [0, 0.1) is 0 Å². The summed E-state index contributed by atoms with van der Waals surface area (Å²) in [6.07, 6.45) is 4.20. The van der Waals surface area contributed by atoms with Crippen molar-refractivity contribution in [3.63, 3.8) is 0 Å². The van der Waals surface area contributed by atoms with E-state index in [-0.39, 0.29) is 30.2 Å². The molecule has 31 heavy (non-hydrogen) atoms. The highest BCUT2D eigenvalue weighted by atomic mass is 16.6. The third-order valence-electron chi connectivity index (χ3n) is 6.40. The Kier molecular flexibility index (Phi) is 5.06. The zero-order valence-electron chi connectivity index (χ0n) is 18.3. The van der Waals surface area contributed by atoms with Gasteiger partial charge in [-0.05, 0) is 25.5 Å². The number of carbonyl (C=O) groups is 2. The average molecular weight is 424 g/mol. The van der Waals surface area contributed by atoms with Gasteiger partial charge in [-0.15, -0.1) is 6.58 Å². The van der Waals surface area contributed by atoms with E-state index in [0.717, 1.165) is 27.7 Å². The number of para-hydroxylation sites is 1. The molecule has 3 unspecified atom stereocenters. The van der Waals surface area contributed by atoms with Gasteiger partial charge in [-0.25, -0.2) is 0 Å². The minimum atomic E-state index is -0.567. The zero-order valence-corrected chi connectivity index (χ0v) is 18.3. The fourth-order valence-electron chi connectivity index (χ4n) is 4.00. The molecule has 2 aliphatic rings. The van der Waals surface area contributed by atoms with Crippen LogP contribution in [-0.4, -0.2) is 46.3 Å². The summed E-state index contributed by atoms with van der Waals surface area (Å²) in [5.41, 5.74) is 3.07. The molecule has 4 rings (SSSR count). The number of aliphatic hydroxyl groups is 1. The van der Waals surface area contributed by atoms with Crippen LogP contribution in [0.25, 0.3) is 17.0 Å². The van der Waals surface area contributed by atoms with E-state index in [2.05, 4.69) is 22.2 Å². The number of rotatable bonds is 6. The molecule has 2 fully saturated rings. The number of H-pyrrole nitrogens is 1. The van der Waals surface area contributed by atoms with Gasteiger partial charge in [0.25, 0.3) is 5.91 Å². The Hall–Kier alpha value is -2.90. The van der Waals surface area contributed by atoms with Gasteiger partial charge in [0, 0.05) is 34.0 Å². The van der Waals surface area contributed by atoms with E-state index in [1.54, 1.807) is 13.0 Å². The van der Waals surface area contributed by atoms with E-state index >= 15 is 0 Å². The number of nitrogens with one attached hydrogen (secondary N) is 3. The van der Waals surface area contributed by atoms with Crippen molar-refractivity contribution in [2.75, 3.05) is 6.61 Å². The summed E-state index contributed by atoms with van der Waals surface area (Å²) in [5, 5.41) is 15.9. The van der Waals surface area contributed by atoms with Gasteiger partial charge in [0.05, 0.1) is 12.7 Å². The molecule has 0 spiro atoms. The number of carbonyl (C=O) groups excluding carboxylic acids is 2. The molecule has 164 valence electrons. The molecule has 7 heteroatoms. The molecule has 3 heterocycles. The van der Waals surface area contributed by atoms with Crippen molar-refractivity contribution in [1.29, 1.82) is 0 Å². The number of hydrogen-bond acceptors (Lipinski definition) is 4. The maximum Gasteiger partial charge on any atom is 0.268 e. The van der Waals surface area contributed by atoms with Crippen LogP contribution in [0.2, 0.25) is 0 Å². The van der Waals surface area contributed by atoms with Gasteiger partial charge in [-0.1, -0.05) is 38.1 Å². The van der Waals surface area contributed by atoms with Gasteiger partial charge in [0.1, 0.15) is 17.3 Å². The van der Waals surface area contributed by atoms with Gasteiger partial charge in [-0.3, -0.25) is 9.59 Å². The third-order valence-corrected chi connectivity index (χ3v) is 6.40. The second-order valence-electron chi connectivity index (χ2n) is 9.20. The van der Waals surface area contributed by atoms with Gasteiger partial charge in [0.2, 0.25) is 5.91 Å². The number of ether oxygens (including phenoxy) is 1. The number of benzene rings is 1. The normalized spacial score (nSPS) is 27.3. The molecule has 0 saturated carbocycles. The first-order valence-corrected chi connectivity index (χ1v) is 10.5.